The maximum Gasteiger partial charge on any atom is 0.142 e. The lowest BCUT2D eigenvalue weighted by Crippen LogP contribution is -2.01. The number of hydrogen-bond donors (Lipinski definition) is 2. The highest BCUT2D eigenvalue weighted by molar-refractivity contribution is 5.56. The van der Waals surface area contributed by atoms with Crippen LogP contribution >= 0.6 is 0 Å². The van der Waals surface area contributed by atoms with Crippen molar-refractivity contribution in [3.05, 3.63) is 36.3 Å². The summed E-state index contributed by atoms with van der Waals surface area (Å²) in [5.74, 6) is 0.514. The van der Waals surface area contributed by atoms with Crippen LogP contribution in [0, 0.1) is 5.82 Å². The molecule has 0 atom stereocenters. The third kappa shape index (κ3) is 2.43. The van der Waals surface area contributed by atoms with E-state index in [0.29, 0.717) is 12.1 Å². The Balaban J connectivity index is 2.18. The number of hydrogen-bond acceptors (Lipinski definition) is 3. The van der Waals surface area contributed by atoms with E-state index in [4.69, 9.17) is 5.73 Å². The Morgan fingerprint density at radius 2 is 2.19 bits per heavy atom. The smallest absolute Gasteiger partial charge is 0.142 e. The Hall–Kier alpha value is -1.75. The fourth-order valence-electron chi connectivity index (χ4n) is 1.46. The van der Waals surface area contributed by atoms with Crippen molar-refractivity contribution in [3.63, 3.8) is 0 Å². The van der Waals surface area contributed by atoms with Crippen molar-refractivity contribution in [2.45, 2.75) is 12.8 Å². The lowest BCUT2D eigenvalue weighted by atomic mass is 10.2. The molecule has 0 saturated heterocycles. The summed E-state index contributed by atoms with van der Waals surface area (Å²) < 4.78 is 12.9. The predicted octanol–water partition coefficient (Wildman–Crippen LogP) is 1.50. The number of aromatic nitrogens is 3. The fraction of sp³-hybridized carbons (Fsp3) is 0.273. The van der Waals surface area contributed by atoms with Crippen LogP contribution in [0.3, 0.4) is 0 Å². The van der Waals surface area contributed by atoms with E-state index < -0.39 is 0 Å². The van der Waals surface area contributed by atoms with Gasteiger partial charge in [0.25, 0.3) is 0 Å². The molecule has 0 unspecified atom stereocenters. The SMILES string of the molecule is NCCCc1ncc(-c2cncc(F)c2)[nH]1. The van der Waals surface area contributed by atoms with Crippen LogP contribution in [0.1, 0.15) is 12.2 Å². The molecule has 0 spiro atoms. The van der Waals surface area contributed by atoms with Crippen molar-refractivity contribution < 1.29 is 4.39 Å². The molecular weight excluding hydrogens is 207 g/mol. The Morgan fingerprint density at radius 1 is 1.31 bits per heavy atom. The number of imidazole rings is 1. The Labute approximate surface area is 92.7 Å². The number of nitrogens with one attached hydrogen (secondary N) is 1. The molecule has 0 aromatic carbocycles. The molecule has 0 fully saturated rings. The molecule has 2 aromatic rings. The highest BCUT2D eigenvalue weighted by atomic mass is 19.1. The second-order valence-corrected chi connectivity index (χ2v) is 3.53. The Kier molecular flexibility index (Phi) is 3.26. The van der Waals surface area contributed by atoms with Crippen molar-refractivity contribution in [2.24, 2.45) is 5.73 Å². The summed E-state index contributed by atoms with van der Waals surface area (Å²) in [7, 11) is 0. The first-order valence-corrected chi connectivity index (χ1v) is 5.14. The maximum absolute atomic E-state index is 12.9. The van der Waals surface area contributed by atoms with Crippen LogP contribution in [0.4, 0.5) is 4.39 Å². The summed E-state index contributed by atoms with van der Waals surface area (Å²) in [5.41, 5.74) is 6.89. The molecule has 4 nitrogen and oxygen atoms in total. The summed E-state index contributed by atoms with van der Waals surface area (Å²) in [5, 5.41) is 0. The molecule has 0 aliphatic carbocycles. The van der Waals surface area contributed by atoms with Gasteiger partial charge < -0.3 is 10.7 Å². The van der Waals surface area contributed by atoms with Gasteiger partial charge in [0.1, 0.15) is 11.6 Å². The minimum absolute atomic E-state index is 0.351. The van der Waals surface area contributed by atoms with Gasteiger partial charge in [-0.2, -0.15) is 0 Å². The third-order valence-electron chi connectivity index (χ3n) is 2.26. The summed E-state index contributed by atoms with van der Waals surface area (Å²) in [4.78, 5) is 11.1. The first-order chi connectivity index (χ1) is 7.79. The number of nitrogens with zero attached hydrogens (tertiary/aromatic N) is 2. The maximum atomic E-state index is 12.9. The zero-order valence-corrected chi connectivity index (χ0v) is 8.78. The Morgan fingerprint density at radius 3 is 2.94 bits per heavy atom. The molecule has 0 radical (unpaired) electrons. The van der Waals surface area contributed by atoms with Crippen molar-refractivity contribution in [1.82, 2.24) is 15.0 Å². The van der Waals surface area contributed by atoms with Crippen molar-refractivity contribution >= 4 is 0 Å². The van der Waals surface area contributed by atoms with Gasteiger partial charge in [-0.15, -0.1) is 0 Å². The van der Waals surface area contributed by atoms with Crippen LogP contribution in [0.2, 0.25) is 0 Å². The van der Waals surface area contributed by atoms with E-state index in [2.05, 4.69) is 15.0 Å². The second kappa shape index (κ2) is 4.85. The van der Waals surface area contributed by atoms with Gasteiger partial charge in [-0.25, -0.2) is 9.37 Å². The molecule has 2 heterocycles. The lowest BCUT2D eigenvalue weighted by molar-refractivity contribution is 0.622. The zero-order valence-electron chi connectivity index (χ0n) is 8.78. The van der Waals surface area contributed by atoms with E-state index in [1.54, 1.807) is 12.4 Å². The minimum atomic E-state index is -0.351. The number of H-pyrrole nitrogens is 1. The van der Waals surface area contributed by atoms with Gasteiger partial charge in [0.05, 0.1) is 18.1 Å². The molecule has 5 heteroatoms. The molecular formula is C11H13FN4. The third-order valence-corrected chi connectivity index (χ3v) is 2.26. The van der Waals surface area contributed by atoms with Crippen LogP contribution in [-0.4, -0.2) is 21.5 Å². The minimum Gasteiger partial charge on any atom is -0.342 e. The van der Waals surface area contributed by atoms with E-state index in [1.807, 2.05) is 0 Å². The molecule has 0 aliphatic heterocycles. The van der Waals surface area contributed by atoms with E-state index in [9.17, 15) is 4.39 Å². The molecule has 0 saturated carbocycles. The van der Waals surface area contributed by atoms with Gasteiger partial charge in [0.2, 0.25) is 0 Å². The van der Waals surface area contributed by atoms with Gasteiger partial charge >= 0.3 is 0 Å². The van der Waals surface area contributed by atoms with E-state index in [-0.39, 0.29) is 5.82 Å². The van der Waals surface area contributed by atoms with E-state index in [0.717, 1.165) is 24.4 Å². The molecule has 84 valence electrons. The molecule has 0 bridgehead atoms. The largest absolute Gasteiger partial charge is 0.342 e. The van der Waals surface area contributed by atoms with Gasteiger partial charge in [-0.05, 0) is 19.0 Å². The molecule has 3 N–H and O–H groups in total. The molecule has 0 aliphatic rings. The van der Waals surface area contributed by atoms with Crippen LogP contribution in [0.25, 0.3) is 11.3 Å². The molecule has 0 amide bonds. The van der Waals surface area contributed by atoms with Gasteiger partial charge in [0, 0.05) is 18.2 Å². The molecule has 2 rings (SSSR count). The van der Waals surface area contributed by atoms with Gasteiger partial charge in [0.15, 0.2) is 0 Å². The van der Waals surface area contributed by atoms with E-state index in [1.165, 1.54) is 12.3 Å². The quantitative estimate of drug-likeness (QED) is 0.820. The monoisotopic (exact) mass is 220 g/mol. The number of halogens is 1. The average Bonchev–Trinajstić information content (AvgIpc) is 2.75. The lowest BCUT2D eigenvalue weighted by Gasteiger charge is -1.96. The van der Waals surface area contributed by atoms with E-state index >= 15 is 0 Å². The second-order valence-electron chi connectivity index (χ2n) is 3.53. The number of aryl methyl sites for hydroxylation is 1. The number of pyridine rings is 1. The average molecular weight is 220 g/mol. The fourth-order valence-corrected chi connectivity index (χ4v) is 1.46. The molecule has 2 aromatic heterocycles. The summed E-state index contributed by atoms with van der Waals surface area (Å²) >= 11 is 0. The van der Waals surface area contributed by atoms with Crippen LogP contribution in [0.15, 0.2) is 24.7 Å². The van der Waals surface area contributed by atoms with Crippen LogP contribution in [-0.2, 0) is 6.42 Å². The van der Waals surface area contributed by atoms with Crippen molar-refractivity contribution in [3.8, 4) is 11.3 Å². The standard InChI is InChI=1S/C11H13FN4/c12-9-4-8(5-14-6-9)10-7-15-11(16-10)2-1-3-13/h4-7H,1-3,13H2,(H,15,16). The number of nitrogens with two attached hydrogens (primary N) is 1. The van der Waals surface area contributed by atoms with Crippen LogP contribution < -0.4 is 5.73 Å². The van der Waals surface area contributed by atoms with Gasteiger partial charge in [-0.1, -0.05) is 0 Å². The summed E-state index contributed by atoms with van der Waals surface area (Å²) in [6.07, 6.45) is 6.15. The summed E-state index contributed by atoms with van der Waals surface area (Å²) in [6.45, 7) is 0.636. The highest BCUT2D eigenvalue weighted by Gasteiger charge is 2.04. The van der Waals surface area contributed by atoms with Crippen molar-refractivity contribution in [2.75, 3.05) is 6.54 Å². The van der Waals surface area contributed by atoms with Crippen molar-refractivity contribution in [1.29, 1.82) is 0 Å². The first-order valence-electron chi connectivity index (χ1n) is 5.14. The Bertz CT molecular complexity index is 467. The first kappa shape index (κ1) is 10.8. The molecule has 16 heavy (non-hydrogen) atoms. The summed E-state index contributed by atoms with van der Waals surface area (Å²) in [6, 6.07) is 1.42. The topological polar surface area (TPSA) is 67.6 Å². The number of aromatic amines is 1. The zero-order chi connectivity index (χ0) is 11.4. The highest BCUT2D eigenvalue weighted by Crippen LogP contribution is 2.16. The van der Waals surface area contributed by atoms with Gasteiger partial charge in [-0.3, -0.25) is 4.98 Å². The van der Waals surface area contributed by atoms with Crippen LogP contribution in [0.5, 0.6) is 0 Å². The normalized spacial score (nSPS) is 10.6. The number of rotatable bonds is 4. The predicted molar refractivity (Wildman–Crippen MR) is 59.2 cm³/mol.